The normalized spacial score (nSPS) is 24.4. The Hall–Kier alpha value is -2.09. The molecule has 0 aliphatic carbocycles. The number of benzene rings is 2. The van der Waals surface area contributed by atoms with Crippen molar-refractivity contribution in [1.82, 2.24) is 5.32 Å². The molecule has 154 valence electrons. The molecule has 29 heavy (non-hydrogen) atoms. The first-order valence-electron chi connectivity index (χ1n) is 10.2. The molecule has 3 heterocycles. The van der Waals surface area contributed by atoms with Gasteiger partial charge in [0.25, 0.3) is 0 Å². The molecular formula is C22H25NO5S. The Morgan fingerprint density at radius 2 is 1.83 bits per heavy atom. The molecule has 2 unspecified atom stereocenters. The Balaban J connectivity index is 1.41. The first-order chi connectivity index (χ1) is 14.1. The van der Waals surface area contributed by atoms with Crippen molar-refractivity contribution >= 4 is 9.84 Å². The van der Waals surface area contributed by atoms with Crippen LogP contribution in [0.25, 0.3) is 0 Å². The van der Waals surface area contributed by atoms with Crippen molar-refractivity contribution in [1.29, 1.82) is 0 Å². The van der Waals surface area contributed by atoms with E-state index in [1.54, 1.807) is 36.4 Å². The van der Waals surface area contributed by atoms with Crippen molar-refractivity contribution in [3.8, 4) is 11.5 Å². The molecule has 0 bridgehead atoms. The van der Waals surface area contributed by atoms with Gasteiger partial charge in [0.2, 0.25) is 9.84 Å². The third-order valence-corrected chi connectivity index (χ3v) is 7.74. The monoisotopic (exact) mass is 415 g/mol. The number of hydrogen-bond donors (Lipinski definition) is 1. The van der Waals surface area contributed by atoms with Crippen molar-refractivity contribution in [3.05, 3.63) is 48.0 Å². The highest BCUT2D eigenvalue weighted by atomic mass is 32.2. The molecule has 2 aromatic carbocycles. The van der Waals surface area contributed by atoms with E-state index >= 15 is 0 Å². The van der Waals surface area contributed by atoms with Crippen molar-refractivity contribution in [3.63, 3.8) is 0 Å². The van der Waals surface area contributed by atoms with E-state index in [-0.39, 0.29) is 22.0 Å². The average Bonchev–Trinajstić information content (AvgIpc) is 3.12. The summed E-state index contributed by atoms with van der Waals surface area (Å²) in [6.45, 7) is 3.11. The molecule has 2 atom stereocenters. The molecule has 1 N–H and O–H groups in total. The Bertz CT molecular complexity index is 1000. The van der Waals surface area contributed by atoms with Gasteiger partial charge in [0.05, 0.1) is 23.0 Å². The molecule has 0 amide bonds. The molecule has 2 aromatic rings. The highest BCUT2D eigenvalue weighted by Crippen LogP contribution is 2.42. The molecule has 2 fully saturated rings. The second kappa shape index (κ2) is 7.63. The van der Waals surface area contributed by atoms with Gasteiger partial charge in [0, 0.05) is 30.9 Å². The summed E-state index contributed by atoms with van der Waals surface area (Å²) in [6.07, 6.45) is 2.79. The second-order valence-electron chi connectivity index (χ2n) is 7.86. The summed E-state index contributed by atoms with van der Waals surface area (Å²) in [4.78, 5) is 0.491. The van der Waals surface area contributed by atoms with E-state index < -0.39 is 9.84 Å². The van der Waals surface area contributed by atoms with E-state index in [0.717, 1.165) is 37.9 Å². The van der Waals surface area contributed by atoms with Crippen molar-refractivity contribution in [2.24, 2.45) is 0 Å². The number of fused-ring (bicyclic) bond motifs is 3. The van der Waals surface area contributed by atoms with Gasteiger partial charge < -0.3 is 19.5 Å². The summed E-state index contributed by atoms with van der Waals surface area (Å²) in [5.41, 5.74) is 1.12. The van der Waals surface area contributed by atoms with E-state index in [2.05, 4.69) is 5.32 Å². The number of hydrogen-bond acceptors (Lipinski definition) is 6. The summed E-state index contributed by atoms with van der Waals surface area (Å²) in [5, 5.41) is 3.34. The van der Waals surface area contributed by atoms with Crippen LogP contribution in [0.3, 0.4) is 0 Å². The van der Waals surface area contributed by atoms with Crippen LogP contribution < -0.4 is 14.8 Å². The number of piperidine rings is 1. The van der Waals surface area contributed by atoms with Crippen LogP contribution >= 0.6 is 0 Å². The van der Waals surface area contributed by atoms with Gasteiger partial charge >= 0.3 is 0 Å². The van der Waals surface area contributed by atoms with Crippen LogP contribution in [0, 0.1) is 0 Å². The second-order valence-corrected chi connectivity index (χ2v) is 9.81. The predicted octanol–water partition coefficient (Wildman–Crippen LogP) is 2.92. The third-order valence-electron chi connectivity index (χ3n) is 5.99. The van der Waals surface area contributed by atoms with Gasteiger partial charge in [-0.25, -0.2) is 8.42 Å². The lowest BCUT2D eigenvalue weighted by Gasteiger charge is -2.24. The molecule has 3 aliphatic rings. The Kier molecular flexibility index (Phi) is 4.97. The standard InChI is InChI=1S/C22H25NO5S/c24-29(25,17-3-1-2-16(12-17)27-15-7-10-26-11-8-15)18-4-5-19-20-6-9-23-14-22(20)28-21(19)13-18/h1-5,12-13,15,20,22-23H,6-11,14H2. The van der Waals surface area contributed by atoms with E-state index in [1.165, 1.54) is 0 Å². The lowest BCUT2D eigenvalue weighted by molar-refractivity contribution is 0.0255. The minimum absolute atomic E-state index is 0.0621. The highest BCUT2D eigenvalue weighted by molar-refractivity contribution is 7.91. The maximum atomic E-state index is 13.2. The third kappa shape index (κ3) is 3.63. The minimum atomic E-state index is -3.66. The molecule has 0 radical (unpaired) electrons. The summed E-state index contributed by atoms with van der Waals surface area (Å²) in [6, 6.07) is 12.1. The molecule has 3 aliphatic heterocycles. The zero-order chi connectivity index (χ0) is 19.8. The molecular weight excluding hydrogens is 390 g/mol. The van der Waals surface area contributed by atoms with Gasteiger partial charge in [-0.2, -0.15) is 0 Å². The Morgan fingerprint density at radius 1 is 1.00 bits per heavy atom. The van der Waals surface area contributed by atoms with Crippen LogP contribution in [-0.2, 0) is 14.6 Å². The smallest absolute Gasteiger partial charge is 0.206 e. The molecule has 0 saturated carbocycles. The molecule has 0 spiro atoms. The van der Waals surface area contributed by atoms with Gasteiger partial charge in [-0.05, 0) is 43.3 Å². The van der Waals surface area contributed by atoms with Crippen LogP contribution in [0.4, 0.5) is 0 Å². The fourth-order valence-corrected chi connectivity index (χ4v) is 5.71. The van der Waals surface area contributed by atoms with Crippen LogP contribution in [0.2, 0.25) is 0 Å². The predicted molar refractivity (Wildman–Crippen MR) is 107 cm³/mol. The number of ether oxygens (including phenoxy) is 3. The summed E-state index contributed by atoms with van der Waals surface area (Å²) in [7, 11) is -3.66. The SMILES string of the molecule is O=S(=O)(c1cccc(OC2CCOCC2)c1)c1ccc2c(c1)OC1CNCCC21. The molecule has 2 saturated heterocycles. The zero-order valence-corrected chi connectivity index (χ0v) is 17.0. The zero-order valence-electron chi connectivity index (χ0n) is 16.2. The van der Waals surface area contributed by atoms with Crippen molar-refractivity contribution in [2.45, 2.75) is 47.2 Å². The largest absolute Gasteiger partial charge is 0.490 e. The van der Waals surface area contributed by atoms with E-state index in [1.807, 2.05) is 6.07 Å². The maximum Gasteiger partial charge on any atom is 0.206 e. The van der Waals surface area contributed by atoms with Gasteiger partial charge in [0.1, 0.15) is 23.7 Å². The van der Waals surface area contributed by atoms with Crippen LogP contribution in [0.1, 0.15) is 30.7 Å². The fraction of sp³-hybridized carbons (Fsp3) is 0.455. The first kappa shape index (κ1) is 18.9. The average molecular weight is 416 g/mol. The molecule has 7 heteroatoms. The first-order valence-corrected chi connectivity index (χ1v) is 11.7. The van der Waals surface area contributed by atoms with Gasteiger partial charge in [-0.3, -0.25) is 0 Å². The molecule has 6 nitrogen and oxygen atoms in total. The minimum Gasteiger partial charge on any atom is -0.490 e. The number of rotatable bonds is 4. The van der Waals surface area contributed by atoms with Crippen molar-refractivity contribution < 1.29 is 22.6 Å². The quantitative estimate of drug-likeness (QED) is 0.828. The topological polar surface area (TPSA) is 73.9 Å². The van der Waals surface area contributed by atoms with E-state index in [4.69, 9.17) is 14.2 Å². The molecule has 0 aromatic heterocycles. The Labute approximate surface area is 171 Å². The summed E-state index contributed by atoms with van der Waals surface area (Å²) < 4.78 is 43.9. The Morgan fingerprint density at radius 3 is 2.69 bits per heavy atom. The summed E-state index contributed by atoms with van der Waals surface area (Å²) in [5.74, 6) is 1.62. The van der Waals surface area contributed by atoms with Crippen LogP contribution in [-0.4, -0.2) is 46.9 Å². The summed E-state index contributed by atoms with van der Waals surface area (Å²) >= 11 is 0. The number of nitrogens with one attached hydrogen (secondary N) is 1. The number of sulfone groups is 1. The van der Waals surface area contributed by atoms with E-state index in [0.29, 0.717) is 30.6 Å². The fourth-order valence-electron chi connectivity index (χ4n) is 4.40. The van der Waals surface area contributed by atoms with Gasteiger partial charge in [0.15, 0.2) is 0 Å². The van der Waals surface area contributed by atoms with Crippen molar-refractivity contribution in [2.75, 3.05) is 26.3 Å². The van der Waals surface area contributed by atoms with E-state index in [9.17, 15) is 8.42 Å². The lowest BCUT2D eigenvalue weighted by Crippen LogP contribution is -2.39. The van der Waals surface area contributed by atoms with Crippen LogP contribution in [0.15, 0.2) is 52.3 Å². The van der Waals surface area contributed by atoms with Gasteiger partial charge in [-0.1, -0.05) is 12.1 Å². The maximum absolute atomic E-state index is 13.2. The van der Waals surface area contributed by atoms with Gasteiger partial charge in [-0.15, -0.1) is 0 Å². The van der Waals surface area contributed by atoms with Crippen LogP contribution in [0.5, 0.6) is 11.5 Å². The lowest BCUT2D eigenvalue weighted by atomic mass is 9.90. The molecule has 5 rings (SSSR count). The highest BCUT2D eigenvalue weighted by Gasteiger charge is 2.37.